The fourth-order valence-electron chi connectivity index (χ4n) is 3.82. The smallest absolute Gasteiger partial charge is 0.242 e. The lowest BCUT2D eigenvalue weighted by atomic mass is 10.1. The first-order valence-corrected chi connectivity index (χ1v) is 12.4. The van der Waals surface area contributed by atoms with E-state index in [0.717, 1.165) is 18.4 Å². The number of aliphatic imine (C=N–C) groups is 1. The Kier molecular flexibility index (Phi) is 7.70. The van der Waals surface area contributed by atoms with Crippen LogP contribution in [0.3, 0.4) is 0 Å². The van der Waals surface area contributed by atoms with Crippen LogP contribution in [0, 0.1) is 6.92 Å². The van der Waals surface area contributed by atoms with Crippen molar-refractivity contribution in [1.29, 1.82) is 0 Å². The maximum Gasteiger partial charge on any atom is 0.242 e. The van der Waals surface area contributed by atoms with Gasteiger partial charge in [0.2, 0.25) is 11.8 Å². The number of rotatable bonds is 7. The first kappa shape index (κ1) is 24.4. The zero-order valence-corrected chi connectivity index (χ0v) is 20.6. The molecule has 2 aromatic carbocycles. The number of ether oxygens (including phenoxy) is 1. The lowest BCUT2D eigenvalue weighted by Gasteiger charge is -2.20. The number of thioether (sulfide) groups is 1. The minimum atomic E-state index is -0.586. The van der Waals surface area contributed by atoms with Crippen LogP contribution in [-0.2, 0) is 14.3 Å². The maximum atomic E-state index is 13.2. The van der Waals surface area contributed by atoms with Crippen molar-refractivity contribution in [2.45, 2.75) is 44.5 Å². The van der Waals surface area contributed by atoms with Crippen LogP contribution in [0.4, 0.5) is 11.4 Å². The van der Waals surface area contributed by atoms with Crippen molar-refractivity contribution >= 4 is 57.5 Å². The van der Waals surface area contributed by atoms with Crippen molar-refractivity contribution in [3.63, 3.8) is 0 Å². The Labute approximate surface area is 207 Å². The molecular weight excluding hydrogens is 474 g/mol. The SMILES string of the molecule is CC(=O)c1ccc(NC(=O)CC2SC(=Nc3ccc(C)c(Cl)c3)N(CC3CCCO3)C2=O)cc1. The van der Waals surface area contributed by atoms with Crippen molar-refractivity contribution in [2.24, 2.45) is 4.99 Å². The number of hydrogen-bond donors (Lipinski definition) is 1. The van der Waals surface area contributed by atoms with Crippen molar-refractivity contribution < 1.29 is 19.1 Å². The van der Waals surface area contributed by atoms with Crippen LogP contribution in [0.5, 0.6) is 0 Å². The highest BCUT2D eigenvalue weighted by molar-refractivity contribution is 8.15. The molecule has 2 saturated heterocycles. The molecule has 0 aliphatic carbocycles. The van der Waals surface area contributed by atoms with Gasteiger partial charge in [-0.25, -0.2) is 4.99 Å². The number of aryl methyl sites for hydroxylation is 1. The summed E-state index contributed by atoms with van der Waals surface area (Å²) in [5.41, 5.74) is 2.74. The van der Waals surface area contributed by atoms with Crippen LogP contribution in [0.1, 0.15) is 42.1 Å². The summed E-state index contributed by atoms with van der Waals surface area (Å²) < 4.78 is 5.74. The number of nitrogens with one attached hydrogen (secondary N) is 1. The van der Waals surface area contributed by atoms with E-state index < -0.39 is 5.25 Å². The summed E-state index contributed by atoms with van der Waals surface area (Å²) >= 11 is 7.54. The molecule has 0 saturated carbocycles. The fraction of sp³-hybridized carbons (Fsp3) is 0.360. The monoisotopic (exact) mass is 499 g/mol. The molecule has 2 aliphatic heterocycles. The number of benzene rings is 2. The molecular formula is C25H26ClN3O4S. The van der Waals surface area contributed by atoms with E-state index in [-0.39, 0.29) is 30.1 Å². The molecule has 2 atom stereocenters. The van der Waals surface area contributed by atoms with E-state index in [1.54, 1.807) is 35.2 Å². The second-order valence-electron chi connectivity index (χ2n) is 8.40. The Morgan fingerprint density at radius 3 is 2.65 bits per heavy atom. The summed E-state index contributed by atoms with van der Waals surface area (Å²) in [6.07, 6.45) is 1.82. The van der Waals surface area contributed by atoms with Gasteiger partial charge in [-0.1, -0.05) is 29.4 Å². The second kappa shape index (κ2) is 10.7. The van der Waals surface area contributed by atoms with E-state index in [4.69, 9.17) is 16.3 Å². The highest BCUT2D eigenvalue weighted by atomic mass is 35.5. The van der Waals surface area contributed by atoms with Crippen LogP contribution in [0.25, 0.3) is 0 Å². The normalized spacial score (nSPS) is 21.3. The van der Waals surface area contributed by atoms with E-state index in [1.807, 2.05) is 19.1 Å². The zero-order valence-electron chi connectivity index (χ0n) is 19.0. The maximum absolute atomic E-state index is 13.2. The predicted octanol–water partition coefficient (Wildman–Crippen LogP) is 4.99. The second-order valence-corrected chi connectivity index (χ2v) is 9.98. The number of carbonyl (C=O) groups is 3. The number of halogens is 1. The summed E-state index contributed by atoms with van der Waals surface area (Å²) in [5, 5.41) is 3.37. The molecule has 178 valence electrons. The first-order chi connectivity index (χ1) is 16.3. The molecule has 0 spiro atoms. The fourth-order valence-corrected chi connectivity index (χ4v) is 5.16. The minimum Gasteiger partial charge on any atom is -0.376 e. The Hall–Kier alpha value is -2.68. The number of anilines is 1. The first-order valence-electron chi connectivity index (χ1n) is 11.2. The third-order valence-electron chi connectivity index (χ3n) is 5.76. The average molecular weight is 500 g/mol. The molecule has 1 N–H and O–H groups in total. The minimum absolute atomic E-state index is 0.00760. The third kappa shape index (κ3) is 5.87. The number of carbonyl (C=O) groups excluding carboxylic acids is 3. The van der Waals surface area contributed by atoms with Crippen molar-refractivity contribution in [1.82, 2.24) is 4.90 Å². The quantitative estimate of drug-likeness (QED) is 0.542. The Balaban J connectivity index is 1.49. The largest absolute Gasteiger partial charge is 0.376 e. The van der Waals surface area contributed by atoms with Gasteiger partial charge in [0, 0.05) is 29.3 Å². The Morgan fingerprint density at radius 2 is 2.00 bits per heavy atom. The van der Waals surface area contributed by atoms with Gasteiger partial charge in [0.1, 0.15) is 5.25 Å². The van der Waals surface area contributed by atoms with E-state index in [2.05, 4.69) is 10.3 Å². The van der Waals surface area contributed by atoms with Gasteiger partial charge in [-0.05, 0) is 68.7 Å². The topological polar surface area (TPSA) is 88.1 Å². The summed E-state index contributed by atoms with van der Waals surface area (Å²) in [7, 11) is 0. The molecule has 0 bridgehead atoms. The number of hydrogen-bond acceptors (Lipinski definition) is 6. The van der Waals surface area contributed by atoms with Gasteiger partial charge in [0.05, 0.1) is 18.3 Å². The molecule has 2 unspecified atom stereocenters. The Bertz CT molecular complexity index is 1130. The van der Waals surface area contributed by atoms with E-state index in [0.29, 0.717) is 40.3 Å². The summed E-state index contributed by atoms with van der Waals surface area (Å²) in [4.78, 5) is 43.7. The average Bonchev–Trinajstić information content (AvgIpc) is 3.41. The van der Waals surface area contributed by atoms with Crippen LogP contribution >= 0.6 is 23.4 Å². The molecule has 4 rings (SSSR count). The van der Waals surface area contributed by atoms with E-state index in [1.165, 1.54) is 18.7 Å². The highest BCUT2D eigenvalue weighted by Crippen LogP contribution is 2.34. The molecule has 0 radical (unpaired) electrons. The van der Waals surface area contributed by atoms with Gasteiger partial charge in [0.15, 0.2) is 11.0 Å². The highest BCUT2D eigenvalue weighted by Gasteiger charge is 2.40. The molecule has 7 nitrogen and oxygen atoms in total. The van der Waals surface area contributed by atoms with E-state index in [9.17, 15) is 14.4 Å². The van der Waals surface area contributed by atoms with Gasteiger partial charge >= 0.3 is 0 Å². The molecule has 0 aromatic heterocycles. The van der Waals surface area contributed by atoms with Gasteiger partial charge in [-0.15, -0.1) is 0 Å². The lowest BCUT2D eigenvalue weighted by Crippen LogP contribution is -2.38. The van der Waals surface area contributed by atoms with Gasteiger partial charge in [-0.2, -0.15) is 0 Å². The van der Waals surface area contributed by atoms with Crippen molar-refractivity contribution in [3.8, 4) is 0 Å². The van der Waals surface area contributed by atoms with Crippen molar-refractivity contribution in [2.75, 3.05) is 18.5 Å². The molecule has 2 heterocycles. The molecule has 34 heavy (non-hydrogen) atoms. The molecule has 2 aromatic rings. The Morgan fingerprint density at radius 1 is 1.24 bits per heavy atom. The number of Topliss-reactive ketones (excluding diaryl/α,β-unsaturated/α-hetero) is 1. The van der Waals surface area contributed by atoms with Crippen LogP contribution in [-0.4, -0.2) is 52.2 Å². The molecule has 2 amide bonds. The van der Waals surface area contributed by atoms with E-state index >= 15 is 0 Å². The predicted molar refractivity (Wildman–Crippen MR) is 135 cm³/mol. The van der Waals surface area contributed by atoms with Crippen LogP contribution < -0.4 is 5.32 Å². The third-order valence-corrected chi connectivity index (χ3v) is 7.34. The summed E-state index contributed by atoms with van der Waals surface area (Å²) in [5.74, 6) is -0.475. The van der Waals surface area contributed by atoms with Crippen molar-refractivity contribution in [3.05, 3.63) is 58.6 Å². The number of nitrogens with zero attached hydrogens (tertiary/aromatic N) is 2. The summed E-state index contributed by atoms with van der Waals surface area (Å²) in [6.45, 7) is 4.50. The lowest BCUT2D eigenvalue weighted by molar-refractivity contribution is -0.129. The van der Waals surface area contributed by atoms with Gasteiger partial charge < -0.3 is 10.1 Å². The molecule has 2 aliphatic rings. The summed E-state index contributed by atoms with van der Waals surface area (Å²) in [6, 6.07) is 12.2. The standard InChI is InChI=1S/C25H26ClN3O4S/c1-15-5-8-19(12-21(15)26)28-25-29(14-20-4-3-11-33-20)24(32)22(34-25)13-23(31)27-18-9-6-17(7-10-18)16(2)30/h5-10,12,20,22H,3-4,11,13-14H2,1-2H3,(H,27,31). The van der Waals surface area contributed by atoms with Crippen LogP contribution in [0.2, 0.25) is 5.02 Å². The van der Waals surface area contributed by atoms with Gasteiger partial charge in [-0.3, -0.25) is 19.3 Å². The molecule has 2 fully saturated rings. The number of ketones is 1. The number of amides is 2. The van der Waals surface area contributed by atoms with Gasteiger partial charge in [0.25, 0.3) is 0 Å². The molecule has 9 heteroatoms. The van der Waals surface area contributed by atoms with Crippen LogP contribution in [0.15, 0.2) is 47.5 Å². The zero-order chi connectivity index (χ0) is 24.2. The number of amidine groups is 1.